The topological polar surface area (TPSA) is 51.0 Å². The van der Waals surface area contributed by atoms with Crippen LogP contribution >= 0.6 is 0 Å². The number of hydrogen-bond donors (Lipinski definition) is 0. The average Bonchev–Trinajstić information content (AvgIpc) is 3.23. The number of carbonyl (C=O) groups excluding carboxylic acids is 1. The number of benzene rings is 1. The van der Waals surface area contributed by atoms with Crippen molar-refractivity contribution in [3.63, 3.8) is 0 Å². The van der Waals surface area contributed by atoms with E-state index >= 15 is 0 Å². The molecule has 1 fully saturated rings. The van der Waals surface area contributed by atoms with E-state index in [1.807, 2.05) is 11.6 Å². The van der Waals surface area contributed by atoms with Gasteiger partial charge in [0, 0.05) is 32.5 Å². The van der Waals surface area contributed by atoms with Gasteiger partial charge in [0.15, 0.2) is 0 Å². The van der Waals surface area contributed by atoms with Gasteiger partial charge in [0.25, 0.3) is 0 Å². The van der Waals surface area contributed by atoms with Crippen molar-refractivity contribution in [3.05, 3.63) is 47.5 Å². The summed E-state index contributed by atoms with van der Waals surface area (Å²) < 4.78 is 1.88. The predicted molar refractivity (Wildman–Crippen MR) is 93.3 cm³/mol. The first kappa shape index (κ1) is 16.7. The lowest BCUT2D eigenvalue weighted by molar-refractivity contribution is -0.134. The van der Waals surface area contributed by atoms with Crippen LogP contribution in [0.5, 0.6) is 0 Å². The lowest BCUT2D eigenvalue weighted by Gasteiger charge is -2.30. The Labute approximate surface area is 143 Å². The summed E-state index contributed by atoms with van der Waals surface area (Å²) in [5.74, 6) is 1.10. The summed E-state index contributed by atoms with van der Waals surface area (Å²) in [6.45, 7) is 2.83. The van der Waals surface area contributed by atoms with E-state index in [4.69, 9.17) is 0 Å². The molecule has 0 bridgehead atoms. The number of hydrogen-bond acceptors (Lipinski definition) is 3. The number of carbonyl (C=O) groups is 1. The van der Waals surface area contributed by atoms with Crippen LogP contribution in [0.4, 0.5) is 0 Å². The van der Waals surface area contributed by atoms with Gasteiger partial charge >= 0.3 is 0 Å². The molecular formula is C19H26N4O. The van der Waals surface area contributed by atoms with Gasteiger partial charge in [-0.25, -0.2) is 0 Å². The standard InChI is InChI=1S/C19H26N4O/c1-15-7-3-4-8-16(15)13-23(17-9-5-6-10-17)19(24)12-11-18-21-20-14-22(18)2/h3-4,7-8,14,17H,5-6,9-13H2,1-2H3. The monoisotopic (exact) mass is 326 g/mol. The minimum Gasteiger partial charge on any atom is -0.335 e. The molecule has 0 radical (unpaired) electrons. The molecule has 5 heteroatoms. The van der Waals surface area contributed by atoms with Gasteiger partial charge < -0.3 is 9.47 Å². The Morgan fingerprint density at radius 3 is 2.71 bits per heavy atom. The summed E-state index contributed by atoms with van der Waals surface area (Å²) in [4.78, 5) is 15.0. The van der Waals surface area contributed by atoms with Crippen LogP contribution in [-0.2, 0) is 24.8 Å². The summed E-state index contributed by atoms with van der Waals surface area (Å²) in [7, 11) is 1.92. The Kier molecular flexibility index (Phi) is 5.28. The van der Waals surface area contributed by atoms with Gasteiger partial charge in [-0.3, -0.25) is 4.79 Å². The van der Waals surface area contributed by atoms with Gasteiger partial charge in [-0.05, 0) is 30.9 Å². The lowest BCUT2D eigenvalue weighted by Crippen LogP contribution is -2.38. The maximum absolute atomic E-state index is 12.9. The Hall–Kier alpha value is -2.17. The van der Waals surface area contributed by atoms with Crippen LogP contribution in [0.25, 0.3) is 0 Å². The van der Waals surface area contributed by atoms with Crippen molar-refractivity contribution in [2.75, 3.05) is 0 Å². The first-order valence-electron chi connectivity index (χ1n) is 8.82. The third kappa shape index (κ3) is 3.83. The summed E-state index contributed by atoms with van der Waals surface area (Å²) in [6.07, 6.45) is 7.53. The van der Waals surface area contributed by atoms with E-state index in [0.717, 1.165) is 25.2 Å². The lowest BCUT2D eigenvalue weighted by atomic mass is 10.1. The molecule has 5 nitrogen and oxygen atoms in total. The average molecular weight is 326 g/mol. The zero-order chi connectivity index (χ0) is 16.9. The first-order chi connectivity index (χ1) is 11.6. The van der Waals surface area contributed by atoms with Gasteiger partial charge in [0.2, 0.25) is 5.91 Å². The molecule has 1 saturated carbocycles. The number of nitrogens with zero attached hydrogens (tertiary/aromatic N) is 4. The Balaban J connectivity index is 1.70. The van der Waals surface area contributed by atoms with Crippen LogP contribution in [0.15, 0.2) is 30.6 Å². The Bertz CT molecular complexity index is 688. The van der Waals surface area contributed by atoms with Crippen LogP contribution < -0.4 is 0 Å². The largest absolute Gasteiger partial charge is 0.335 e. The highest BCUT2D eigenvalue weighted by atomic mass is 16.2. The molecule has 1 aliphatic carbocycles. The highest BCUT2D eigenvalue weighted by Crippen LogP contribution is 2.26. The van der Waals surface area contributed by atoms with E-state index in [-0.39, 0.29) is 5.91 Å². The second kappa shape index (κ2) is 7.60. The minimum absolute atomic E-state index is 0.230. The van der Waals surface area contributed by atoms with Crippen LogP contribution in [0.3, 0.4) is 0 Å². The van der Waals surface area contributed by atoms with Gasteiger partial charge in [-0.2, -0.15) is 0 Å². The van der Waals surface area contributed by atoms with Gasteiger partial charge in [-0.15, -0.1) is 10.2 Å². The number of aryl methyl sites for hydroxylation is 3. The molecule has 1 heterocycles. The number of rotatable bonds is 6. The van der Waals surface area contributed by atoms with Gasteiger partial charge in [-0.1, -0.05) is 37.1 Å². The molecule has 2 aromatic rings. The van der Waals surface area contributed by atoms with E-state index in [0.29, 0.717) is 18.9 Å². The van der Waals surface area contributed by atoms with Crippen LogP contribution in [0, 0.1) is 6.92 Å². The van der Waals surface area contributed by atoms with E-state index in [1.165, 1.54) is 24.0 Å². The van der Waals surface area contributed by atoms with E-state index in [1.54, 1.807) is 6.33 Å². The van der Waals surface area contributed by atoms with E-state index in [9.17, 15) is 4.79 Å². The van der Waals surface area contributed by atoms with Crippen LogP contribution in [0.2, 0.25) is 0 Å². The molecule has 0 unspecified atom stereocenters. The third-order valence-corrected chi connectivity index (χ3v) is 5.06. The first-order valence-corrected chi connectivity index (χ1v) is 8.82. The second-order valence-electron chi connectivity index (χ2n) is 6.74. The fourth-order valence-electron chi connectivity index (χ4n) is 3.50. The molecule has 0 atom stereocenters. The summed E-state index contributed by atoms with van der Waals surface area (Å²) >= 11 is 0. The maximum Gasteiger partial charge on any atom is 0.223 e. The predicted octanol–water partition coefficient (Wildman–Crippen LogP) is 3.03. The molecule has 128 valence electrons. The SMILES string of the molecule is Cc1ccccc1CN(C(=O)CCc1nncn1C)C1CCCC1. The van der Waals surface area contributed by atoms with Crippen molar-refractivity contribution in [1.29, 1.82) is 0 Å². The molecule has 24 heavy (non-hydrogen) atoms. The zero-order valence-electron chi connectivity index (χ0n) is 14.6. The van der Waals surface area contributed by atoms with Crippen molar-refractivity contribution in [3.8, 4) is 0 Å². The molecule has 1 aromatic heterocycles. The molecule has 3 rings (SSSR count). The maximum atomic E-state index is 12.9. The third-order valence-electron chi connectivity index (χ3n) is 5.06. The van der Waals surface area contributed by atoms with Gasteiger partial charge in [0.05, 0.1) is 0 Å². The molecule has 1 aliphatic rings. The van der Waals surface area contributed by atoms with Crippen molar-refractivity contribution < 1.29 is 4.79 Å². The molecule has 0 N–H and O–H groups in total. The van der Waals surface area contributed by atoms with Crippen molar-refractivity contribution >= 4 is 5.91 Å². The number of amides is 1. The molecule has 0 aliphatic heterocycles. The number of aromatic nitrogens is 3. The van der Waals surface area contributed by atoms with E-state index in [2.05, 4.69) is 46.3 Å². The summed E-state index contributed by atoms with van der Waals surface area (Å²) in [5.41, 5.74) is 2.50. The zero-order valence-corrected chi connectivity index (χ0v) is 14.6. The molecule has 0 spiro atoms. The summed E-state index contributed by atoms with van der Waals surface area (Å²) in [6, 6.07) is 8.74. The highest BCUT2D eigenvalue weighted by molar-refractivity contribution is 5.76. The van der Waals surface area contributed by atoms with Gasteiger partial charge in [0.1, 0.15) is 12.2 Å². The summed E-state index contributed by atoms with van der Waals surface area (Å²) in [5, 5.41) is 7.97. The van der Waals surface area contributed by atoms with E-state index < -0.39 is 0 Å². The molecule has 1 aromatic carbocycles. The van der Waals surface area contributed by atoms with Crippen LogP contribution in [-0.4, -0.2) is 31.6 Å². The molecule has 0 saturated heterocycles. The smallest absolute Gasteiger partial charge is 0.223 e. The quantitative estimate of drug-likeness (QED) is 0.820. The van der Waals surface area contributed by atoms with Crippen molar-refractivity contribution in [2.24, 2.45) is 7.05 Å². The second-order valence-corrected chi connectivity index (χ2v) is 6.74. The molecular weight excluding hydrogens is 300 g/mol. The minimum atomic E-state index is 0.230. The highest BCUT2D eigenvalue weighted by Gasteiger charge is 2.27. The Morgan fingerprint density at radius 2 is 2.04 bits per heavy atom. The van der Waals surface area contributed by atoms with Crippen molar-refractivity contribution in [2.45, 2.75) is 58.0 Å². The Morgan fingerprint density at radius 1 is 1.29 bits per heavy atom. The fourth-order valence-corrected chi connectivity index (χ4v) is 3.50. The molecule has 1 amide bonds. The van der Waals surface area contributed by atoms with Crippen LogP contribution in [0.1, 0.15) is 49.1 Å². The normalized spacial score (nSPS) is 14.9. The fraction of sp³-hybridized carbons (Fsp3) is 0.526. The van der Waals surface area contributed by atoms with Crippen molar-refractivity contribution in [1.82, 2.24) is 19.7 Å².